The summed E-state index contributed by atoms with van der Waals surface area (Å²) in [6.07, 6.45) is 5.27. The van der Waals surface area contributed by atoms with Crippen molar-refractivity contribution in [2.45, 2.75) is 38.1 Å². The average molecular weight is 511 g/mol. The maximum absolute atomic E-state index is 13.2. The van der Waals surface area contributed by atoms with Crippen LogP contribution < -0.4 is 10.6 Å². The second-order valence-electron chi connectivity index (χ2n) is 9.06. The highest BCUT2D eigenvalue weighted by atomic mass is 35.5. The van der Waals surface area contributed by atoms with Crippen molar-refractivity contribution in [2.75, 3.05) is 25.5 Å². The lowest BCUT2D eigenvalue weighted by Crippen LogP contribution is -2.44. The molecule has 2 aromatic carbocycles. The third kappa shape index (κ3) is 6.25. The van der Waals surface area contributed by atoms with Crippen LogP contribution >= 0.6 is 11.6 Å². The number of anilines is 1. The Balaban J connectivity index is 1.35. The van der Waals surface area contributed by atoms with Gasteiger partial charge < -0.3 is 15.5 Å². The van der Waals surface area contributed by atoms with E-state index in [-0.39, 0.29) is 46.9 Å². The quantitative estimate of drug-likeness (QED) is 0.521. The SMILES string of the molecule is CN1CCCCC1CNC(=O)C1=C(C(=O)Nc2ccc(CC(=O)c3ccc(F)cc3Cl)cc2)CC=N1. The van der Waals surface area contributed by atoms with Crippen LogP contribution in [0.4, 0.5) is 10.1 Å². The molecule has 0 radical (unpaired) electrons. The second-order valence-corrected chi connectivity index (χ2v) is 9.47. The number of hydrogen-bond acceptors (Lipinski definition) is 5. The molecule has 1 saturated heterocycles. The van der Waals surface area contributed by atoms with Crippen molar-refractivity contribution < 1.29 is 18.8 Å². The molecule has 2 amide bonds. The predicted molar refractivity (Wildman–Crippen MR) is 138 cm³/mol. The fourth-order valence-corrected chi connectivity index (χ4v) is 4.68. The van der Waals surface area contributed by atoms with Gasteiger partial charge in [-0.25, -0.2) is 4.39 Å². The number of likely N-dealkylation sites (tertiary alicyclic amines) is 1. The van der Waals surface area contributed by atoms with Gasteiger partial charge in [-0.2, -0.15) is 0 Å². The summed E-state index contributed by atoms with van der Waals surface area (Å²) in [5.41, 5.74) is 1.96. The van der Waals surface area contributed by atoms with Gasteiger partial charge in [0.05, 0.1) is 10.6 Å². The number of likely N-dealkylation sites (N-methyl/N-ethyl adjacent to an activating group) is 1. The predicted octanol–water partition coefficient (Wildman–Crippen LogP) is 4.17. The summed E-state index contributed by atoms with van der Waals surface area (Å²) in [6, 6.07) is 10.8. The zero-order valence-electron chi connectivity index (χ0n) is 20.0. The summed E-state index contributed by atoms with van der Waals surface area (Å²) in [4.78, 5) is 44.5. The van der Waals surface area contributed by atoms with Crippen LogP contribution in [0.3, 0.4) is 0 Å². The number of Topliss-reactive ketones (excluding diaryl/α,β-unsaturated/α-hetero) is 1. The number of carbonyl (C=O) groups excluding carboxylic acids is 3. The van der Waals surface area contributed by atoms with Gasteiger partial charge >= 0.3 is 0 Å². The Bertz CT molecular complexity index is 1230. The lowest BCUT2D eigenvalue weighted by molar-refractivity contribution is -0.118. The molecule has 1 fully saturated rings. The summed E-state index contributed by atoms with van der Waals surface area (Å²) in [6.45, 7) is 1.54. The first kappa shape index (κ1) is 25.7. The minimum absolute atomic E-state index is 0.0709. The molecule has 2 aliphatic heterocycles. The lowest BCUT2D eigenvalue weighted by Gasteiger charge is -2.32. The number of piperidine rings is 1. The Morgan fingerprint density at radius 1 is 1.11 bits per heavy atom. The second kappa shape index (κ2) is 11.6. The van der Waals surface area contributed by atoms with Gasteiger partial charge in [-0.05, 0) is 62.3 Å². The van der Waals surface area contributed by atoms with Crippen molar-refractivity contribution in [3.63, 3.8) is 0 Å². The van der Waals surface area contributed by atoms with E-state index in [1.54, 1.807) is 30.5 Å². The topological polar surface area (TPSA) is 90.9 Å². The van der Waals surface area contributed by atoms with Crippen LogP contribution in [0.25, 0.3) is 0 Å². The first-order valence-corrected chi connectivity index (χ1v) is 12.3. The number of ketones is 1. The fourth-order valence-electron chi connectivity index (χ4n) is 4.40. The van der Waals surface area contributed by atoms with Gasteiger partial charge in [-0.15, -0.1) is 0 Å². The minimum Gasteiger partial charge on any atom is -0.349 e. The molecule has 36 heavy (non-hydrogen) atoms. The van der Waals surface area contributed by atoms with E-state index < -0.39 is 11.7 Å². The van der Waals surface area contributed by atoms with Gasteiger partial charge in [0.15, 0.2) is 5.78 Å². The number of amides is 2. The van der Waals surface area contributed by atoms with Crippen LogP contribution in [0.1, 0.15) is 41.6 Å². The Labute approximate surface area is 214 Å². The number of hydrogen-bond donors (Lipinski definition) is 2. The number of carbonyl (C=O) groups is 3. The van der Waals surface area contributed by atoms with Crippen molar-refractivity contribution in [3.05, 3.63) is 75.7 Å². The fraction of sp³-hybridized carbons (Fsp3) is 0.333. The molecule has 0 spiro atoms. The maximum Gasteiger partial charge on any atom is 0.270 e. The van der Waals surface area contributed by atoms with Crippen molar-refractivity contribution in [1.29, 1.82) is 0 Å². The van der Waals surface area contributed by atoms with Crippen LogP contribution in [0.5, 0.6) is 0 Å². The number of nitrogens with one attached hydrogen (secondary N) is 2. The van der Waals surface area contributed by atoms with Gasteiger partial charge in [0, 0.05) is 42.9 Å². The minimum atomic E-state index is -0.503. The highest BCUT2D eigenvalue weighted by Gasteiger charge is 2.25. The van der Waals surface area contributed by atoms with Crippen molar-refractivity contribution in [2.24, 2.45) is 4.99 Å². The molecule has 0 saturated carbocycles. The van der Waals surface area contributed by atoms with Gasteiger partial charge in [-0.3, -0.25) is 19.4 Å². The van der Waals surface area contributed by atoms with Crippen molar-refractivity contribution >= 4 is 41.1 Å². The number of halogens is 2. The molecular formula is C27H28ClFN4O3. The Kier molecular flexibility index (Phi) is 8.28. The smallest absolute Gasteiger partial charge is 0.270 e. The Hall–Kier alpha value is -3.36. The zero-order valence-corrected chi connectivity index (χ0v) is 20.8. The van der Waals surface area contributed by atoms with Crippen LogP contribution in [-0.2, 0) is 16.0 Å². The molecule has 2 aliphatic rings. The van der Waals surface area contributed by atoms with Crippen LogP contribution in [0.2, 0.25) is 5.02 Å². The Morgan fingerprint density at radius 2 is 1.89 bits per heavy atom. The first-order valence-electron chi connectivity index (χ1n) is 11.9. The average Bonchev–Trinajstić information content (AvgIpc) is 3.35. The molecule has 1 atom stereocenters. The first-order chi connectivity index (χ1) is 17.3. The van der Waals surface area contributed by atoms with E-state index >= 15 is 0 Å². The van der Waals surface area contributed by atoms with E-state index in [1.807, 2.05) is 0 Å². The van der Waals surface area contributed by atoms with Gasteiger partial charge in [0.2, 0.25) is 0 Å². The van der Waals surface area contributed by atoms with E-state index in [4.69, 9.17) is 11.6 Å². The summed E-state index contributed by atoms with van der Waals surface area (Å²) >= 11 is 5.98. The molecule has 0 bridgehead atoms. The number of benzene rings is 2. The Morgan fingerprint density at radius 3 is 2.61 bits per heavy atom. The molecule has 2 heterocycles. The van der Waals surface area contributed by atoms with Crippen LogP contribution in [0, 0.1) is 5.82 Å². The molecule has 188 valence electrons. The van der Waals surface area contributed by atoms with Crippen LogP contribution in [-0.4, -0.2) is 54.9 Å². The van der Waals surface area contributed by atoms with E-state index in [1.165, 1.54) is 18.6 Å². The van der Waals surface area contributed by atoms with Gasteiger partial charge in [0.25, 0.3) is 11.8 Å². The summed E-state index contributed by atoms with van der Waals surface area (Å²) < 4.78 is 13.2. The summed E-state index contributed by atoms with van der Waals surface area (Å²) in [5, 5.41) is 5.79. The summed E-state index contributed by atoms with van der Waals surface area (Å²) in [5.74, 6) is -1.48. The molecule has 0 aromatic heterocycles. The summed E-state index contributed by atoms with van der Waals surface area (Å²) in [7, 11) is 2.06. The third-order valence-electron chi connectivity index (χ3n) is 6.52. The van der Waals surface area contributed by atoms with Gasteiger partial charge in [-0.1, -0.05) is 30.2 Å². The molecule has 0 aliphatic carbocycles. The highest BCUT2D eigenvalue weighted by Crippen LogP contribution is 2.22. The molecule has 4 rings (SSSR count). The van der Waals surface area contributed by atoms with E-state index in [0.29, 0.717) is 17.8 Å². The van der Waals surface area contributed by atoms with E-state index in [0.717, 1.165) is 31.0 Å². The number of aliphatic imine (C=N–C) groups is 1. The highest BCUT2D eigenvalue weighted by molar-refractivity contribution is 6.34. The largest absolute Gasteiger partial charge is 0.349 e. The van der Waals surface area contributed by atoms with Crippen molar-refractivity contribution in [3.8, 4) is 0 Å². The maximum atomic E-state index is 13.2. The van der Waals surface area contributed by atoms with Crippen molar-refractivity contribution in [1.82, 2.24) is 10.2 Å². The molecule has 9 heteroatoms. The number of nitrogens with zero attached hydrogens (tertiary/aromatic N) is 2. The molecule has 2 aromatic rings. The number of rotatable bonds is 8. The van der Waals surface area contributed by atoms with Gasteiger partial charge in [0.1, 0.15) is 11.5 Å². The van der Waals surface area contributed by atoms with E-state index in [2.05, 4.69) is 27.6 Å². The van der Waals surface area contributed by atoms with Crippen LogP contribution in [0.15, 0.2) is 58.7 Å². The zero-order chi connectivity index (χ0) is 25.7. The van der Waals surface area contributed by atoms with E-state index in [9.17, 15) is 18.8 Å². The molecule has 2 N–H and O–H groups in total. The molecular weight excluding hydrogens is 483 g/mol. The normalized spacial score (nSPS) is 17.8. The monoisotopic (exact) mass is 510 g/mol. The third-order valence-corrected chi connectivity index (χ3v) is 6.83. The molecule has 1 unspecified atom stereocenters. The standard InChI is InChI=1S/C27H28ClFN4O3/c1-33-13-3-2-4-20(33)16-31-27(36)25-22(11-12-30-25)26(35)32-19-8-5-17(6-9-19)14-24(34)21-10-7-18(29)15-23(21)28/h5-10,12,15,20H,2-4,11,13-14,16H2,1H3,(H,31,36)(H,32,35). The molecule has 7 nitrogen and oxygen atoms in total. The lowest BCUT2D eigenvalue weighted by atomic mass is 10.0.